The molecule has 3 aromatic heterocycles. The minimum Gasteiger partial charge on any atom is -0.508 e. The minimum absolute atomic E-state index is 0.0694. The number of aromatic nitrogens is 4. The minimum atomic E-state index is -1.97. The van der Waals surface area contributed by atoms with Crippen molar-refractivity contribution in [1.82, 2.24) is 97.6 Å². The molecular formula is C89H118N20O25S. The number of carboxylic acids is 3. The molecule has 15 atom stereocenters. The highest BCUT2D eigenvalue weighted by Gasteiger charge is 2.47. The molecule has 0 bridgehead atoms. The largest absolute Gasteiger partial charge is 0.508 e. The zero-order chi connectivity index (χ0) is 98.6. The summed E-state index contributed by atoms with van der Waals surface area (Å²) in [5.74, 6) is -22.8. The lowest BCUT2D eigenvalue weighted by molar-refractivity contribution is -0.149. The van der Waals surface area contributed by atoms with Crippen molar-refractivity contribution < 1.29 is 122 Å². The van der Waals surface area contributed by atoms with Gasteiger partial charge in [-0.15, -0.1) is 11.8 Å². The molecule has 3 aromatic carbocycles. The molecule has 730 valence electrons. The summed E-state index contributed by atoms with van der Waals surface area (Å²) in [7, 11) is 3.70. The van der Waals surface area contributed by atoms with E-state index in [2.05, 4.69) is 73.1 Å². The average Bonchev–Trinajstić information content (AvgIpc) is 1.66. The van der Waals surface area contributed by atoms with Gasteiger partial charge in [0.25, 0.3) is 0 Å². The summed E-state index contributed by atoms with van der Waals surface area (Å²) < 4.78 is 0. The van der Waals surface area contributed by atoms with Gasteiger partial charge in [0.15, 0.2) is 0 Å². The predicted octanol–water partition coefficient (Wildman–Crippen LogP) is -2.91. The third kappa shape index (κ3) is 29.0. The number of aliphatic hydroxyl groups excluding tert-OH is 2. The fraction of sp³-hybridized carbons (Fsp3) is 0.506. The van der Waals surface area contributed by atoms with E-state index in [0.717, 1.165) is 31.5 Å². The number of amides is 16. The number of carbonyl (C=O) groups is 19. The molecule has 0 unspecified atom stereocenters. The van der Waals surface area contributed by atoms with Crippen molar-refractivity contribution in [2.45, 2.75) is 227 Å². The van der Waals surface area contributed by atoms with E-state index in [1.54, 1.807) is 68.6 Å². The summed E-state index contributed by atoms with van der Waals surface area (Å²) >= 11 is 0.681. The first-order valence-corrected chi connectivity index (χ1v) is 45.5. The Hall–Kier alpha value is -14.1. The Kier molecular flexibility index (Phi) is 38.5. The normalized spacial score (nSPS) is 24.7. The predicted molar refractivity (Wildman–Crippen MR) is 483 cm³/mol. The molecule has 0 aliphatic carbocycles. The van der Waals surface area contributed by atoms with Crippen molar-refractivity contribution >= 4 is 146 Å². The number of hydrogen-bond acceptors (Lipinski definition) is 24. The van der Waals surface area contributed by atoms with Crippen LogP contribution >= 0.6 is 11.8 Å². The molecule has 0 spiro atoms. The quantitative estimate of drug-likeness (QED) is 0.0259. The first-order valence-electron chi connectivity index (χ1n) is 44.4. The Morgan fingerprint density at radius 2 is 1.03 bits per heavy atom. The Bertz CT molecular complexity index is 5280. The number of thioether (sulfide) groups is 1. The van der Waals surface area contributed by atoms with E-state index in [4.69, 9.17) is 5.73 Å². The maximum Gasteiger partial charge on any atom is 0.305 e. The fourth-order valence-corrected chi connectivity index (χ4v) is 17.2. The summed E-state index contributed by atoms with van der Waals surface area (Å²) in [6, 6.07) is -4.70. The molecule has 16 amide bonds. The van der Waals surface area contributed by atoms with Crippen LogP contribution in [0, 0.1) is 0 Å². The number of aromatic hydroxyl groups is 1. The van der Waals surface area contributed by atoms with Crippen molar-refractivity contribution in [1.29, 1.82) is 0 Å². The fourth-order valence-electron chi connectivity index (χ4n) is 16.3. The molecule has 9 rings (SSSR count). The number of nitrogens with zero attached hydrogens (tertiary/aromatic N) is 6. The number of primary amides is 1. The SMILES string of the molecule is CCCC[C@H]1C(=O)N(C)[C@@H](CCCC)C(=O)N[C@@H](CCC(=O)O)C(=O)N[C@H](C(=O)NCC(N)=O)CSCC(=O)N[C@@H](Cc2ccc(O)cc2)C(=O)N(C)[C@@H](C)C(=O)N[C@@H](CC(=O)O)C(=O)N2CCC[C@H]2C(=O)N[C@@H](Cc2cnc[nH]2)C(=O)N[C@@H](CCC(=O)O)C(=O)N2C[C@H](O)C[C@H]2C(=O)N[C@@H](Cc2c[nH]c3ccccc23)C(=O)N[C@@H](CO)C(=O)N[C@@H](Cc2c[nH]c3ccccc23)C(=O)N1C. The van der Waals surface area contributed by atoms with Crippen LogP contribution in [0.15, 0.2) is 97.7 Å². The topological polar surface area (TPSA) is 668 Å². The zero-order valence-corrected chi connectivity index (χ0v) is 76.3. The Balaban J connectivity index is 1.10. The van der Waals surface area contributed by atoms with E-state index in [0.29, 0.717) is 63.1 Å². The van der Waals surface area contributed by atoms with E-state index in [-0.39, 0.29) is 75.8 Å². The lowest BCUT2D eigenvalue weighted by atomic mass is 10.00. The number of likely N-dealkylation sites (N-methyl/N-ethyl adjacent to an activating group) is 3. The molecule has 0 radical (unpaired) electrons. The van der Waals surface area contributed by atoms with Crippen LogP contribution < -0.4 is 58.9 Å². The molecule has 135 heavy (non-hydrogen) atoms. The van der Waals surface area contributed by atoms with Crippen molar-refractivity contribution in [3.63, 3.8) is 0 Å². The summed E-state index contributed by atoms with van der Waals surface area (Å²) in [5, 5.41) is 89.5. The van der Waals surface area contributed by atoms with E-state index in [1.807, 2.05) is 0 Å². The number of aromatic amines is 3. The van der Waals surface area contributed by atoms with Crippen LogP contribution in [0.25, 0.3) is 21.8 Å². The highest BCUT2D eigenvalue weighted by atomic mass is 32.2. The molecule has 46 heteroatoms. The van der Waals surface area contributed by atoms with Crippen molar-refractivity contribution in [3.05, 3.63) is 120 Å². The number of para-hydroxylation sites is 2. The van der Waals surface area contributed by atoms with E-state index >= 15 is 33.6 Å². The second kappa shape index (κ2) is 49.6. The van der Waals surface area contributed by atoms with Crippen molar-refractivity contribution in [2.24, 2.45) is 5.73 Å². The smallest absolute Gasteiger partial charge is 0.305 e. The number of nitrogens with one attached hydrogen (secondary N) is 13. The van der Waals surface area contributed by atoms with Crippen LogP contribution in [0.2, 0.25) is 0 Å². The van der Waals surface area contributed by atoms with Gasteiger partial charge in [0.1, 0.15) is 90.3 Å². The number of aliphatic hydroxyl groups is 2. The number of carbonyl (C=O) groups excluding carboxylic acids is 16. The third-order valence-corrected chi connectivity index (χ3v) is 24.9. The maximum absolute atomic E-state index is 15.7. The van der Waals surface area contributed by atoms with Crippen molar-refractivity contribution in [2.75, 3.05) is 58.9 Å². The molecular weight excluding hydrogens is 1780 g/mol. The highest BCUT2D eigenvalue weighted by molar-refractivity contribution is 8.00. The summed E-state index contributed by atoms with van der Waals surface area (Å²) in [6.45, 7) is 1.98. The second-order valence-electron chi connectivity index (χ2n) is 33.7. The van der Waals surface area contributed by atoms with Gasteiger partial charge in [0.2, 0.25) is 94.5 Å². The number of aliphatic carboxylic acids is 3. The average molecular weight is 1900 g/mol. The lowest BCUT2D eigenvalue weighted by Gasteiger charge is -2.36. The molecule has 3 fully saturated rings. The van der Waals surface area contributed by atoms with Crippen molar-refractivity contribution in [3.8, 4) is 5.75 Å². The molecule has 0 saturated carbocycles. The van der Waals surface area contributed by atoms with Crippen LogP contribution in [0.4, 0.5) is 0 Å². The van der Waals surface area contributed by atoms with Gasteiger partial charge < -0.3 is 129 Å². The van der Waals surface area contributed by atoms with Gasteiger partial charge in [-0.1, -0.05) is 88.1 Å². The number of benzene rings is 3. The zero-order valence-electron chi connectivity index (χ0n) is 75.5. The molecule has 6 aromatic rings. The number of hydrogen-bond donors (Lipinski definition) is 20. The number of phenolic OH excluding ortho intramolecular Hbond substituents is 1. The number of carboxylic acid groups (broad SMARTS) is 3. The Morgan fingerprint density at radius 1 is 0.519 bits per heavy atom. The van der Waals surface area contributed by atoms with Gasteiger partial charge in [-0.2, -0.15) is 0 Å². The number of fused-ring (bicyclic) bond motifs is 4. The molecule has 21 N–H and O–H groups in total. The number of unbranched alkanes of at least 4 members (excludes halogenated alkanes) is 2. The Morgan fingerprint density at radius 3 is 1.61 bits per heavy atom. The maximum atomic E-state index is 15.7. The second-order valence-corrected chi connectivity index (χ2v) is 34.7. The first-order chi connectivity index (χ1) is 64.3. The van der Waals surface area contributed by atoms with Crippen LogP contribution in [0.1, 0.15) is 133 Å². The summed E-state index contributed by atoms with van der Waals surface area (Å²) in [5.41, 5.74) is 7.98. The molecule has 3 saturated heterocycles. The first kappa shape index (κ1) is 105. The van der Waals surface area contributed by atoms with Crippen LogP contribution in [-0.4, -0.2) is 337 Å². The number of H-pyrrole nitrogens is 3. The van der Waals surface area contributed by atoms with Gasteiger partial charge in [0, 0.05) is 131 Å². The standard InChI is InChI=1S/C89H118N20O25S/c1-7-9-20-67-82(127)97-58(27-29-73(115)116)78(123)104-66(77(122)94-41-71(90)113)44-135-45-72(114)96-62(32-48-23-25-52(111)26-24-48)85(130)105(4)47(3)76(121)101-64(37-75(119)120)88(133)108-31-15-22-68(108)83(128)100-61(35-51-40-91-46-95-51)80(125)98-59(28-30-74(117)118)87(132)109-42-53(112)36-70(109)84(129)99-60(33-49-38-92-56-18-13-11-16-54(49)56)79(124)103-65(43-110)81(126)102-63(34-50-39-93-57-19-14-12-17-55(50)57)86(131)107(6)69(21-10-8-2)89(134)106(67)5/h11-14,16-19,23-26,38-40,46-47,53,58-70,92-93,110-112H,7-10,15,20-22,27-37,41-45H2,1-6H3,(H2,90,113)(H,91,95)(H,94,122)(H,96,114)(H,97,127)(H,98,125)(H,99,129)(H,100,128)(H,101,121)(H,102,126)(H,103,124)(H,104,123)(H,115,116)(H,117,118)(H,119,120)/t47-,53+,58-,59-,60-,61-,62-,63-,64-,65-,66-,67-,68-,69-,70-/m0/s1. The van der Waals surface area contributed by atoms with Gasteiger partial charge in [-0.05, 0) is 86.4 Å². The number of rotatable bonds is 26. The van der Waals surface area contributed by atoms with Gasteiger partial charge in [-0.3, -0.25) is 91.1 Å². The molecule has 6 heterocycles. The number of nitrogens with two attached hydrogens (primary N) is 1. The van der Waals surface area contributed by atoms with Gasteiger partial charge in [0.05, 0.1) is 37.8 Å². The molecule has 3 aliphatic rings. The lowest BCUT2D eigenvalue weighted by Crippen LogP contribution is -2.61. The summed E-state index contributed by atoms with van der Waals surface area (Å²) in [4.78, 5) is 291. The van der Waals surface area contributed by atoms with Crippen LogP contribution in [0.5, 0.6) is 5.75 Å². The number of phenols is 1. The van der Waals surface area contributed by atoms with Gasteiger partial charge >= 0.3 is 17.9 Å². The summed E-state index contributed by atoms with van der Waals surface area (Å²) in [6.07, 6.45) is -0.665. The van der Waals surface area contributed by atoms with Gasteiger partial charge in [-0.25, -0.2) is 4.98 Å². The van der Waals surface area contributed by atoms with E-state index in [1.165, 1.54) is 64.0 Å². The van der Waals surface area contributed by atoms with Crippen LogP contribution in [-0.2, 0) is 117 Å². The molecule has 3 aliphatic heterocycles. The van der Waals surface area contributed by atoms with Crippen LogP contribution in [0.3, 0.4) is 0 Å². The highest BCUT2D eigenvalue weighted by Crippen LogP contribution is 2.28. The number of imidazole rings is 1. The van der Waals surface area contributed by atoms with E-state index in [9.17, 15) is 88.2 Å². The Labute approximate surface area is 779 Å². The molecule has 45 nitrogen and oxygen atoms in total. The third-order valence-electron chi connectivity index (χ3n) is 23.9. The van der Waals surface area contributed by atoms with E-state index < -0.39 is 279 Å². The monoisotopic (exact) mass is 1900 g/mol.